The van der Waals surface area contributed by atoms with Crippen LogP contribution in [0, 0.1) is 19.8 Å². The summed E-state index contributed by atoms with van der Waals surface area (Å²) >= 11 is 0. The average molecular weight is 338 g/mol. The maximum atomic E-state index is 12.7. The van der Waals surface area contributed by atoms with Crippen LogP contribution < -0.4 is 10.2 Å². The molecule has 0 bridgehead atoms. The summed E-state index contributed by atoms with van der Waals surface area (Å²) in [5, 5.41) is 3.05. The van der Waals surface area contributed by atoms with Crippen LogP contribution in [0.4, 0.5) is 11.6 Å². The lowest BCUT2D eigenvalue weighted by atomic mass is 9.97. The van der Waals surface area contributed by atoms with E-state index >= 15 is 0 Å². The van der Waals surface area contributed by atoms with Gasteiger partial charge in [0, 0.05) is 30.2 Å². The predicted molar refractivity (Wildman–Crippen MR) is 101 cm³/mol. The summed E-state index contributed by atoms with van der Waals surface area (Å²) in [5.74, 6) is 0.782. The van der Waals surface area contributed by atoms with Gasteiger partial charge in [-0.3, -0.25) is 4.79 Å². The standard InChI is InChI=1S/C20H26N4O/c1-4-16-7-9-18(10-8-16)23-19(25)17-6-5-11-24(13-17)20-21-14(2)12-15(3)22-20/h7-10,12,17H,4-6,11,13H2,1-3H3,(H,23,25)/t17-/m1/s1. The Hall–Kier alpha value is -2.43. The fraction of sp³-hybridized carbons (Fsp3) is 0.450. The van der Waals surface area contributed by atoms with Gasteiger partial charge in [0.1, 0.15) is 0 Å². The minimum absolute atomic E-state index is 0.0379. The summed E-state index contributed by atoms with van der Waals surface area (Å²) in [6, 6.07) is 10.0. The number of rotatable bonds is 4. The van der Waals surface area contributed by atoms with Crippen LogP contribution >= 0.6 is 0 Å². The van der Waals surface area contributed by atoms with Gasteiger partial charge in [-0.2, -0.15) is 0 Å². The zero-order valence-electron chi connectivity index (χ0n) is 15.2. The van der Waals surface area contributed by atoms with Gasteiger partial charge in [-0.05, 0) is 56.9 Å². The van der Waals surface area contributed by atoms with Crippen LogP contribution in [0.3, 0.4) is 0 Å². The lowest BCUT2D eigenvalue weighted by Gasteiger charge is -2.32. The van der Waals surface area contributed by atoms with E-state index in [1.54, 1.807) is 0 Å². The maximum Gasteiger partial charge on any atom is 0.229 e. The number of hydrogen-bond donors (Lipinski definition) is 1. The lowest BCUT2D eigenvalue weighted by Crippen LogP contribution is -2.41. The fourth-order valence-electron chi connectivity index (χ4n) is 3.29. The molecular formula is C20H26N4O. The van der Waals surface area contributed by atoms with Crippen molar-refractivity contribution >= 4 is 17.5 Å². The topological polar surface area (TPSA) is 58.1 Å². The Bertz CT molecular complexity index is 722. The molecule has 1 aliphatic heterocycles. The maximum absolute atomic E-state index is 12.7. The third-order valence-electron chi connectivity index (χ3n) is 4.68. The second-order valence-corrected chi connectivity index (χ2v) is 6.78. The van der Waals surface area contributed by atoms with Crippen LogP contribution in [0.25, 0.3) is 0 Å². The van der Waals surface area contributed by atoms with E-state index in [2.05, 4.69) is 39.2 Å². The van der Waals surface area contributed by atoms with Crippen LogP contribution in [0.15, 0.2) is 30.3 Å². The number of nitrogens with one attached hydrogen (secondary N) is 1. The molecule has 1 fully saturated rings. The largest absolute Gasteiger partial charge is 0.340 e. The van der Waals surface area contributed by atoms with Gasteiger partial charge in [-0.25, -0.2) is 9.97 Å². The van der Waals surface area contributed by atoms with Crippen molar-refractivity contribution < 1.29 is 4.79 Å². The van der Waals surface area contributed by atoms with Crippen LogP contribution in [0.5, 0.6) is 0 Å². The SMILES string of the molecule is CCc1ccc(NC(=O)[C@@H]2CCCN(c3nc(C)cc(C)n3)C2)cc1. The molecule has 0 radical (unpaired) electrons. The number of carbonyl (C=O) groups excluding carboxylic acids is 1. The minimum atomic E-state index is -0.0379. The van der Waals surface area contributed by atoms with E-state index in [-0.39, 0.29) is 11.8 Å². The third-order valence-corrected chi connectivity index (χ3v) is 4.68. The molecule has 0 saturated carbocycles. The van der Waals surface area contributed by atoms with Gasteiger partial charge in [0.25, 0.3) is 0 Å². The number of nitrogens with zero attached hydrogens (tertiary/aromatic N) is 3. The van der Waals surface area contributed by atoms with Gasteiger partial charge in [0.05, 0.1) is 5.92 Å². The summed E-state index contributed by atoms with van der Waals surface area (Å²) in [5.41, 5.74) is 4.06. The summed E-state index contributed by atoms with van der Waals surface area (Å²) in [6.07, 6.45) is 2.88. The summed E-state index contributed by atoms with van der Waals surface area (Å²) < 4.78 is 0. The van der Waals surface area contributed by atoms with Crippen molar-refractivity contribution in [3.8, 4) is 0 Å². The Morgan fingerprint density at radius 1 is 1.20 bits per heavy atom. The number of amides is 1. The minimum Gasteiger partial charge on any atom is -0.340 e. The van der Waals surface area contributed by atoms with Crippen molar-refractivity contribution in [1.82, 2.24) is 9.97 Å². The first-order valence-electron chi connectivity index (χ1n) is 9.02. The molecule has 5 nitrogen and oxygen atoms in total. The van der Waals surface area contributed by atoms with E-state index in [4.69, 9.17) is 0 Å². The molecule has 1 aromatic heterocycles. The Balaban J connectivity index is 1.66. The van der Waals surface area contributed by atoms with Crippen LogP contribution in [-0.4, -0.2) is 29.0 Å². The van der Waals surface area contributed by atoms with Crippen LogP contribution in [0.1, 0.15) is 36.7 Å². The fourth-order valence-corrected chi connectivity index (χ4v) is 3.29. The van der Waals surface area contributed by atoms with Crippen LogP contribution in [-0.2, 0) is 11.2 Å². The number of hydrogen-bond acceptors (Lipinski definition) is 4. The van der Waals surface area contributed by atoms with E-state index in [1.165, 1.54) is 5.56 Å². The van der Waals surface area contributed by atoms with Crippen molar-refractivity contribution in [2.24, 2.45) is 5.92 Å². The highest BCUT2D eigenvalue weighted by Crippen LogP contribution is 2.22. The van der Waals surface area contributed by atoms with Crippen molar-refractivity contribution in [3.05, 3.63) is 47.3 Å². The quantitative estimate of drug-likeness (QED) is 0.927. The molecule has 2 aromatic rings. The van der Waals surface area contributed by atoms with E-state index in [0.717, 1.165) is 48.8 Å². The molecule has 0 spiro atoms. The molecule has 132 valence electrons. The summed E-state index contributed by atoms with van der Waals surface area (Å²) in [6.45, 7) is 7.65. The third kappa shape index (κ3) is 4.35. The van der Waals surface area contributed by atoms with Gasteiger partial charge in [0.2, 0.25) is 11.9 Å². The van der Waals surface area contributed by atoms with E-state index in [0.29, 0.717) is 6.54 Å². The first-order chi connectivity index (χ1) is 12.0. The number of aryl methyl sites for hydroxylation is 3. The first-order valence-corrected chi connectivity index (χ1v) is 9.02. The van der Waals surface area contributed by atoms with Gasteiger partial charge in [-0.15, -0.1) is 0 Å². The van der Waals surface area contributed by atoms with Gasteiger partial charge in [0.15, 0.2) is 0 Å². The molecule has 1 amide bonds. The van der Waals surface area contributed by atoms with Gasteiger partial charge in [-0.1, -0.05) is 19.1 Å². The normalized spacial score (nSPS) is 17.4. The first kappa shape index (κ1) is 17.4. The smallest absolute Gasteiger partial charge is 0.229 e. The summed E-state index contributed by atoms with van der Waals surface area (Å²) in [4.78, 5) is 23.9. The molecule has 1 aromatic carbocycles. The molecule has 3 rings (SSSR count). The number of carbonyl (C=O) groups is 1. The number of anilines is 2. The number of benzene rings is 1. The Morgan fingerprint density at radius 3 is 2.52 bits per heavy atom. The predicted octanol–water partition coefficient (Wildman–Crippen LogP) is 3.51. The molecule has 25 heavy (non-hydrogen) atoms. The monoisotopic (exact) mass is 338 g/mol. The second kappa shape index (κ2) is 7.64. The highest BCUT2D eigenvalue weighted by atomic mass is 16.1. The van der Waals surface area contributed by atoms with Gasteiger partial charge < -0.3 is 10.2 Å². The molecule has 1 atom stereocenters. The highest BCUT2D eigenvalue weighted by molar-refractivity contribution is 5.93. The van der Waals surface area contributed by atoms with E-state index < -0.39 is 0 Å². The van der Waals surface area contributed by atoms with E-state index in [1.807, 2.05) is 32.0 Å². The van der Waals surface area contributed by atoms with Crippen molar-refractivity contribution in [1.29, 1.82) is 0 Å². The molecule has 0 aliphatic carbocycles. The van der Waals surface area contributed by atoms with Gasteiger partial charge >= 0.3 is 0 Å². The zero-order chi connectivity index (χ0) is 17.8. The molecule has 5 heteroatoms. The Kier molecular flexibility index (Phi) is 5.31. The Labute approximate surface area is 149 Å². The van der Waals surface area contributed by atoms with E-state index in [9.17, 15) is 4.79 Å². The van der Waals surface area contributed by atoms with Crippen molar-refractivity contribution in [3.63, 3.8) is 0 Å². The molecule has 1 N–H and O–H groups in total. The lowest BCUT2D eigenvalue weighted by molar-refractivity contribution is -0.120. The Morgan fingerprint density at radius 2 is 1.88 bits per heavy atom. The van der Waals surface area contributed by atoms with Crippen LogP contribution in [0.2, 0.25) is 0 Å². The second-order valence-electron chi connectivity index (χ2n) is 6.78. The zero-order valence-corrected chi connectivity index (χ0v) is 15.2. The van der Waals surface area contributed by atoms with Crippen molar-refractivity contribution in [2.75, 3.05) is 23.3 Å². The molecule has 1 saturated heterocycles. The highest BCUT2D eigenvalue weighted by Gasteiger charge is 2.27. The number of aromatic nitrogens is 2. The number of piperidine rings is 1. The molecule has 2 heterocycles. The molecule has 0 unspecified atom stereocenters. The molecular weight excluding hydrogens is 312 g/mol. The average Bonchev–Trinajstić information content (AvgIpc) is 2.61. The molecule has 1 aliphatic rings. The summed E-state index contributed by atoms with van der Waals surface area (Å²) in [7, 11) is 0. The van der Waals surface area contributed by atoms with Crippen molar-refractivity contribution in [2.45, 2.75) is 40.0 Å².